The summed E-state index contributed by atoms with van der Waals surface area (Å²) in [6, 6.07) is 89.4. The van der Waals surface area contributed by atoms with E-state index in [4.69, 9.17) is 0 Å². The van der Waals surface area contributed by atoms with Gasteiger partial charge in [0.1, 0.15) is 0 Å². The molecule has 63 heavy (non-hydrogen) atoms. The van der Waals surface area contributed by atoms with Crippen LogP contribution < -0.4 is 4.90 Å². The highest BCUT2D eigenvalue weighted by Gasteiger charge is 2.50. The van der Waals surface area contributed by atoms with Gasteiger partial charge in [-0.3, -0.25) is 0 Å². The van der Waals surface area contributed by atoms with Crippen LogP contribution in [-0.2, 0) is 5.41 Å². The number of nitrogens with zero attached hydrogens (tertiary/aromatic N) is 2. The van der Waals surface area contributed by atoms with Gasteiger partial charge in [-0.15, -0.1) is 0 Å². The van der Waals surface area contributed by atoms with Crippen LogP contribution >= 0.6 is 0 Å². The molecule has 1 aliphatic carbocycles. The summed E-state index contributed by atoms with van der Waals surface area (Å²) in [7, 11) is 0. The SMILES string of the molecule is c1ccc(-c2ccc(N(c3ccccc3)c3ccc(-c4ccc5c(c4)C4(c6ccccc6-c6ccccc64)c4cccc6c7ccccc7n-5c46)cc3)cc2-c2ccccc2)cc1. The van der Waals surface area contributed by atoms with E-state index in [-0.39, 0.29) is 0 Å². The van der Waals surface area contributed by atoms with Crippen molar-refractivity contribution in [1.29, 1.82) is 0 Å². The number of benzene rings is 10. The molecule has 0 atom stereocenters. The first-order valence-corrected chi connectivity index (χ1v) is 21.8. The molecule has 13 rings (SSSR count). The minimum Gasteiger partial charge on any atom is -0.310 e. The number of rotatable bonds is 6. The largest absolute Gasteiger partial charge is 0.310 e. The third-order valence-electron chi connectivity index (χ3n) is 13.6. The number of aromatic nitrogens is 1. The van der Waals surface area contributed by atoms with Crippen molar-refractivity contribution in [1.82, 2.24) is 4.57 Å². The Hall–Kier alpha value is -8.20. The van der Waals surface area contributed by atoms with E-state index in [0.29, 0.717) is 0 Å². The minimum atomic E-state index is -0.491. The van der Waals surface area contributed by atoms with Gasteiger partial charge in [0.15, 0.2) is 0 Å². The lowest BCUT2D eigenvalue weighted by atomic mass is 9.65. The van der Waals surface area contributed by atoms with E-state index in [1.807, 2.05) is 0 Å². The fourth-order valence-corrected chi connectivity index (χ4v) is 11.0. The molecule has 0 fully saturated rings. The molecule has 0 amide bonds. The van der Waals surface area contributed by atoms with Crippen molar-refractivity contribution in [3.8, 4) is 50.2 Å². The van der Waals surface area contributed by atoms with Crippen molar-refractivity contribution < 1.29 is 0 Å². The molecule has 0 radical (unpaired) electrons. The topological polar surface area (TPSA) is 8.17 Å². The molecular formula is C61H40N2. The highest BCUT2D eigenvalue weighted by Crippen LogP contribution is 2.61. The molecular weight excluding hydrogens is 761 g/mol. The van der Waals surface area contributed by atoms with Gasteiger partial charge >= 0.3 is 0 Å². The highest BCUT2D eigenvalue weighted by atomic mass is 15.1. The molecule has 2 heteroatoms. The number of hydrogen-bond donors (Lipinski definition) is 0. The lowest BCUT2D eigenvalue weighted by Gasteiger charge is -2.40. The minimum absolute atomic E-state index is 0.491. The lowest BCUT2D eigenvalue weighted by molar-refractivity contribution is 0.749. The van der Waals surface area contributed by atoms with Crippen LogP contribution in [0.25, 0.3) is 72.0 Å². The molecule has 0 unspecified atom stereocenters. The van der Waals surface area contributed by atoms with Gasteiger partial charge in [0, 0.05) is 27.8 Å². The van der Waals surface area contributed by atoms with Crippen LogP contribution in [0.5, 0.6) is 0 Å². The average Bonchev–Trinajstić information content (AvgIpc) is 3.86. The second kappa shape index (κ2) is 13.9. The number of fused-ring (bicyclic) bond motifs is 12. The van der Waals surface area contributed by atoms with E-state index in [1.54, 1.807) is 0 Å². The molecule has 1 aromatic heterocycles. The zero-order valence-corrected chi connectivity index (χ0v) is 34.5. The summed E-state index contributed by atoms with van der Waals surface area (Å²) in [5.74, 6) is 0. The van der Waals surface area contributed by atoms with Gasteiger partial charge in [-0.05, 0) is 121 Å². The fourth-order valence-electron chi connectivity index (χ4n) is 11.0. The van der Waals surface area contributed by atoms with E-state index in [0.717, 1.165) is 17.1 Å². The maximum atomic E-state index is 2.53. The normalized spacial score (nSPS) is 12.9. The Bertz CT molecular complexity index is 3500. The van der Waals surface area contributed by atoms with Crippen LogP contribution in [0.3, 0.4) is 0 Å². The Morgan fingerprint density at radius 1 is 0.302 bits per heavy atom. The maximum absolute atomic E-state index is 2.53. The first-order chi connectivity index (χ1) is 31.3. The molecule has 1 spiro atoms. The summed E-state index contributed by atoms with van der Waals surface area (Å²) in [6.45, 7) is 0. The van der Waals surface area contributed by atoms with Crippen LogP contribution in [0, 0.1) is 0 Å². The third kappa shape index (κ3) is 5.19. The van der Waals surface area contributed by atoms with Crippen molar-refractivity contribution in [3.05, 3.63) is 265 Å². The molecule has 0 bridgehead atoms. The molecule has 0 saturated carbocycles. The van der Waals surface area contributed by atoms with E-state index in [2.05, 4.69) is 252 Å². The van der Waals surface area contributed by atoms with Crippen molar-refractivity contribution in [2.24, 2.45) is 0 Å². The van der Waals surface area contributed by atoms with Crippen LogP contribution in [0.1, 0.15) is 22.3 Å². The summed E-state index contributed by atoms with van der Waals surface area (Å²) in [6.07, 6.45) is 0. The van der Waals surface area contributed by atoms with Crippen molar-refractivity contribution >= 4 is 38.9 Å². The van der Waals surface area contributed by atoms with Gasteiger partial charge in [0.05, 0.1) is 22.1 Å². The number of anilines is 3. The van der Waals surface area contributed by atoms with E-state index >= 15 is 0 Å². The molecule has 10 aromatic carbocycles. The van der Waals surface area contributed by atoms with Gasteiger partial charge in [-0.25, -0.2) is 0 Å². The second-order valence-corrected chi connectivity index (χ2v) is 16.8. The Balaban J connectivity index is 0.991. The van der Waals surface area contributed by atoms with Gasteiger partial charge in [-0.2, -0.15) is 0 Å². The van der Waals surface area contributed by atoms with E-state index in [9.17, 15) is 0 Å². The summed E-state index contributed by atoms with van der Waals surface area (Å²) in [4.78, 5) is 2.37. The van der Waals surface area contributed by atoms with Crippen molar-refractivity contribution in [2.45, 2.75) is 5.41 Å². The molecule has 0 saturated heterocycles. The Labute approximate surface area is 367 Å². The van der Waals surface area contributed by atoms with Gasteiger partial charge in [0.25, 0.3) is 0 Å². The summed E-state index contributed by atoms with van der Waals surface area (Å²) in [5, 5.41) is 2.58. The van der Waals surface area contributed by atoms with Crippen molar-refractivity contribution in [3.63, 3.8) is 0 Å². The standard InChI is InChI=1S/C61H40N2/c1-4-17-42(18-5-1)48-37-36-47(40-53(48)43-19-6-2-7-20-43)62(45-21-8-3-9-22-45)46-34-31-41(32-35-46)44-33-38-59-57(39-44)61(54-27-13-10-23-49(54)50-24-11-14-28-55(50)61)56-29-16-26-52-51-25-12-15-30-58(51)63(59)60(52)56/h1-40H. The monoisotopic (exact) mass is 800 g/mol. The number of hydrogen-bond acceptors (Lipinski definition) is 1. The Morgan fingerprint density at radius 2 is 0.841 bits per heavy atom. The van der Waals surface area contributed by atoms with Crippen LogP contribution in [0.2, 0.25) is 0 Å². The Kier molecular flexibility index (Phi) is 7.85. The zero-order chi connectivity index (χ0) is 41.5. The first-order valence-electron chi connectivity index (χ1n) is 21.8. The average molecular weight is 801 g/mol. The van der Waals surface area contributed by atoms with Crippen molar-refractivity contribution in [2.75, 3.05) is 4.90 Å². The quantitative estimate of drug-likeness (QED) is 0.163. The van der Waals surface area contributed by atoms with Crippen LogP contribution in [0.4, 0.5) is 17.1 Å². The molecule has 294 valence electrons. The molecule has 0 N–H and O–H groups in total. The highest BCUT2D eigenvalue weighted by molar-refractivity contribution is 6.13. The predicted molar refractivity (Wildman–Crippen MR) is 263 cm³/mol. The lowest BCUT2D eigenvalue weighted by Crippen LogP contribution is -2.33. The third-order valence-corrected chi connectivity index (χ3v) is 13.6. The van der Waals surface area contributed by atoms with Gasteiger partial charge in [-0.1, -0.05) is 188 Å². The molecule has 1 aliphatic heterocycles. The van der Waals surface area contributed by atoms with Crippen LogP contribution in [-0.4, -0.2) is 4.57 Å². The predicted octanol–water partition coefficient (Wildman–Crippen LogP) is 15.9. The maximum Gasteiger partial charge on any atom is 0.0754 e. The zero-order valence-electron chi connectivity index (χ0n) is 34.5. The molecule has 11 aromatic rings. The smallest absolute Gasteiger partial charge is 0.0754 e. The summed E-state index contributed by atoms with van der Waals surface area (Å²) in [5.41, 5.74) is 21.7. The van der Waals surface area contributed by atoms with E-state index in [1.165, 1.54) is 94.3 Å². The second-order valence-electron chi connectivity index (χ2n) is 16.8. The summed E-state index contributed by atoms with van der Waals surface area (Å²) >= 11 is 0. The van der Waals surface area contributed by atoms with Crippen LogP contribution in [0.15, 0.2) is 243 Å². The molecule has 2 heterocycles. The summed E-state index contributed by atoms with van der Waals surface area (Å²) < 4.78 is 2.53. The fraction of sp³-hybridized carbons (Fsp3) is 0.0164. The molecule has 2 aliphatic rings. The Morgan fingerprint density at radius 3 is 1.56 bits per heavy atom. The van der Waals surface area contributed by atoms with E-state index < -0.39 is 5.41 Å². The first kappa shape index (κ1) is 35.5. The van der Waals surface area contributed by atoms with Gasteiger partial charge < -0.3 is 9.47 Å². The van der Waals surface area contributed by atoms with Gasteiger partial charge in [0.2, 0.25) is 0 Å². The molecule has 2 nitrogen and oxygen atoms in total. The number of para-hydroxylation sites is 3.